The number of hydrogen-bond acceptors (Lipinski definition) is 6. The van der Waals surface area contributed by atoms with E-state index in [2.05, 4.69) is 14.9 Å². The highest BCUT2D eigenvalue weighted by molar-refractivity contribution is 5.95. The summed E-state index contributed by atoms with van der Waals surface area (Å²) in [6.45, 7) is 1.57. The lowest BCUT2D eigenvalue weighted by Gasteiger charge is -2.22. The average Bonchev–Trinajstić information content (AvgIpc) is 3.32. The van der Waals surface area contributed by atoms with Gasteiger partial charge in [-0.15, -0.1) is 0 Å². The van der Waals surface area contributed by atoms with E-state index in [9.17, 15) is 9.90 Å². The summed E-state index contributed by atoms with van der Waals surface area (Å²) < 4.78 is 5.97. The number of aromatic carboxylic acids is 1. The van der Waals surface area contributed by atoms with E-state index in [0.29, 0.717) is 17.9 Å². The van der Waals surface area contributed by atoms with E-state index in [-0.39, 0.29) is 17.6 Å². The Kier molecular flexibility index (Phi) is 4.60. The zero-order valence-corrected chi connectivity index (χ0v) is 14.7. The molecule has 0 aliphatic carbocycles. The fourth-order valence-electron chi connectivity index (χ4n) is 3.62. The molecule has 0 amide bonds. The second-order valence-electron chi connectivity index (χ2n) is 6.58. The molecule has 1 aliphatic rings. The van der Waals surface area contributed by atoms with Crippen molar-refractivity contribution in [3.05, 3.63) is 65.7 Å². The number of carboxylic acid groups (broad SMARTS) is 1. The molecule has 1 saturated heterocycles. The van der Waals surface area contributed by atoms with Gasteiger partial charge in [0.25, 0.3) is 0 Å². The van der Waals surface area contributed by atoms with Gasteiger partial charge in [0, 0.05) is 11.8 Å². The molecule has 4 rings (SSSR count). The molecule has 1 atom stereocenters. The maximum absolute atomic E-state index is 11.4. The predicted octanol–water partition coefficient (Wildman–Crippen LogP) is 3.35. The summed E-state index contributed by atoms with van der Waals surface area (Å²) in [7, 11) is 0. The van der Waals surface area contributed by atoms with Crippen LogP contribution in [-0.2, 0) is 6.54 Å². The van der Waals surface area contributed by atoms with Gasteiger partial charge in [0.05, 0.1) is 23.8 Å². The van der Waals surface area contributed by atoms with E-state index in [1.54, 1.807) is 30.5 Å². The average molecular weight is 364 g/mol. The van der Waals surface area contributed by atoms with Crippen molar-refractivity contribution < 1.29 is 14.3 Å². The number of likely N-dealkylation sites (tertiary alicyclic amines) is 1. The molecule has 0 bridgehead atoms. The SMILES string of the molecule is Nc1nccc([C@H]2CCCN2Cc2ccc(-c3ccccc3C(=O)O)o2)n1. The Bertz CT molecular complexity index is 969. The van der Waals surface area contributed by atoms with Crippen LogP contribution < -0.4 is 5.73 Å². The third-order valence-corrected chi connectivity index (χ3v) is 4.84. The molecule has 0 saturated carbocycles. The molecule has 1 aliphatic heterocycles. The highest BCUT2D eigenvalue weighted by Gasteiger charge is 2.28. The Morgan fingerprint density at radius 3 is 2.93 bits per heavy atom. The Morgan fingerprint density at radius 2 is 2.11 bits per heavy atom. The minimum absolute atomic E-state index is 0.176. The first-order valence-electron chi connectivity index (χ1n) is 8.85. The third-order valence-electron chi connectivity index (χ3n) is 4.84. The van der Waals surface area contributed by atoms with Gasteiger partial charge < -0.3 is 15.3 Å². The standard InChI is InChI=1S/C20H20N4O3/c21-20-22-10-9-16(23-20)17-6-3-11-24(17)12-13-7-8-18(27-13)14-4-1-2-5-15(14)19(25)26/h1-2,4-5,7-10,17H,3,6,11-12H2,(H,25,26)(H2,21,22,23)/t17-/m1/s1. The fourth-order valence-corrected chi connectivity index (χ4v) is 3.62. The molecule has 0 spiro atoms. The predicted molar refractivity (Wildman–Crippen MR) is 99.9 cm³/mol. The number of aromatic nitrogens is 2. The lowest BCUT2D eigenvalue weighted by molar-refractivity contribution is 0.0697. The Hall–Kier alpha value is -3.19. The number of anilines is 1. The van der Waals surface area contributed by atoms with Gasteiger partial charge in [-0.3, -0.25) is 4.90 Å². The molecule has 3 N–H and O–H groups in total. The number of benzene rings is 1. The molecule has 1 fully saturated rings. The number of hydrogen-bond donors (Lipinski definition) is 2. The van der Waals surface area contributed by atoms with Crippen molar-refractivity contribution in [3.63, 3.8) is 0 Å². The molecule has 2 aromatic heterocycles. The van der Waals surface area contributed by atoms with Crippen molar-refractivity contribution in [3.8, 4) is 11.3 Å². The van der Waals surface area contributed by atoms with Crippen LogP contribution in [0.4, 0.5) is 5.95 Å². The summed E-state index contributed by atoms with van der Waals surface area (Å²) in [4.78, 5) is 22.1. The highest BCUT2D eigenvalue weighted by atomic mass is 16.4. The monoisotopic (exact) mass is 364 g/mol. The second-order valence-corrected chi connectivity index (χ2v) is 6.58. The molecule has 27 heavy (non-hydrogen) atoms. The number of carbonyl (C=O) groups is 1. The summed E-state index contributed by atoms with van der Waals surface area (Å²) >= 11 is 0. The van der Waals surface area contributed by atoms with E-state index >= 15 is 0 Å². The van der Waals surface area contributed by atoms with Crippen LogP contribution in [0.3, 0.4) is 0 Å². The van der Waals surface area contributed by atoms with Crippen molar-refractivity contribution in [1.29, 1.82) is 0 Å². The van der Waals surface area contributed by atoms with Gasteiger partial charge in [-0.05, 0) is 43.7 Å². The number of furan rings is 1. The van der Waals surface area contributed by atoms with Crippen LogP contribution in [0.15, 0.2) is 53.1 Å². The Labute approximate surface area is 156 Å². The van der Waals surface area contributed by atoms with E-state index in [1.807, 2.05) is 18.2 Å². The zero-order chi connectivity index (χ0) is 18.8. The van der Waals surface area contributed by atoms with Gasteiger partial charge in [0.15, 0.2) is 0 Å². The Balaban J connectivity index is 1.55. The van der Waals surface area contributed by atoms with Gasteiger partial charge in [0.2, 0.25) is 5.95 Å². The summed E-state index contributed by atoms with van der Waals surface area (Å²) in [6.07, 6.45) is 3.76. The summed E-state index contributed by atoms with van der Waals surface area (Å²) in [5.74, 6) is 0.665. The van der Waals surface area contributed by atoms with Gasteiger partial charge in [-0.1, -0.05) is 18.2 Å². The summed E-state index contributed by atoms with van der Waals surface area (Å²) in [6, 6.07) is 12.7. The number of rotatable bonds is 5. The van der Waals surface area contributed by atoms with E-state index < -0.39 is 5.97 Å². The van der Waals surface area contributed by atoms with Crippen LogP contribution in [0.5, 0.6) is 0 Å². The first kappa shape index (κ1) is 17.2. The molecule has 138 valence electrons. The van der Waals surface area contributed by atoms with Crippen molar-refractivity contribution >= 4 is 11.9 Å². The van der Waals surface area contributed by atoms with E-state index in [1.165, 1.54) is 0 Å². The van der Waals surface area contributed by atoms with Gasteiger partial charge in [-0.25, -0.2) is 14.8 Å². The van der Waals surface area contributed by atoms with Gasteiger partial charge in [-0.2, -0.15) is 0 Å². The first-order valence-corrected chi connectivity index (χ1v) is 8.85. The fraction of sp³-hybridized carbons (Fsp3) is 0.250. The van der Waals surface area contributed by atoms with Crippen LogP contribution >= 0.6 is 0 Å². The van der Waals surface area contributed by atoms with Crippen LogP contribution in [0, 0.1) is 0 Å². The molecule has 7 heteroatoms. The molecule has 0 radical (unpaired) electrons. The van der Waals surface area contributed by atoms with Crippen molar-refractivity contribution in [2.45, 2.75) is 25.4 Å². The zero-order valence-electron chi connectivity index (χ0n) is 14.7. The maximum atomic E-state index is 11.4. The van der Waals surface area contributed by atoms with E-state index in [4.69, 9.17) is 10.2 Å². The number of nitrogens with two attached hydrogens (primary N) is 1. The summed E-state index contributed by atoms with van der Waals surface area (Å²) in [5, 5.41) is 9.37. The molecule has 3 heterocycles. The minimum atomic E-state index is -0.968. The highest BCUT2D eigenvalue weighted by Crippen LogP contribution is 2.33. The van der Waals surface area contributed by atoms with Crippen molar-refractivity contribution in [2.75, 3.05) is 12.3 Å². The third kappa shape index (κ3) is 3.54. The van der Waals surface area contributed by atoms with Gasteiger partial charge in [0.1, 0.15) is 11.5 Å². The first-order chi connectivity index (χ1) is 13.1. The lowest BCUT2D eigenvalue weighted by Crippen LogP contribution is -2.23. The normalized spacial score (nSPS) is 17.3. The Morgan fingerprint density at radius 1 is 1.26 bits per heavy atom. The molecule has 7 nitrogen and oxygen atoms in total. The quantitative estimate of drug-likeness (QED) is 0.715. The van der Waals surface area contributed by atoms with Crippen molar-refractivity contribution in [1.82, 2.24) is 14.9 Å². The molecular weight excluding hydrogens is 344 g/mol. The topological polar surface area (TPSA) is 105 Å². The van der Waals surface area contributed by atoms with Crippen LogP contribution in [0.25, 0.3) is 11.3 Å². The molecular formula is C20H20N4O3. The summed E-state index contributed by atoms with van der Waals surface area (Å²) in [5.41, 5.74) is 7.45. The number of nitrogen functional groups attached to an aromatic ring is 1. The lowest BCUT2D eigenvalue weighted by atomic mass is 10.1. The van der Waals surface area contributed by atoms with E-state index in [0.717, 1.165) is 30.8 Å². The smallest absolute Gasteiger partial charge is 0.336 e. The largest absolute Gasteiger partial charge is 0.478 e. The maximum Gasteiger partial charge on any atom is 0.336 e. The molecule has 0 unspecified atom stereocenters. The minimum Gasteiger partial charge on any atom is -0.478 e. The van der Waals surface area contributed by atoms with Crippen LogP contribution in [0.1, 0.15) is 40.7 Å². The number of carboxylic acids is 1. The second kappa shape index (κ2) is 7.20. The molecule has 3 aromatic rings. The van der Waals surface area contributed by atoms with Crippen LogP contribution in [-0.4, -0.2) is 32.5 Å². The van der Waals surface area contributed by atoms with Crippen molar-refractivity contribution in [2.24, 2.45) is 0 Å². The number of nitrogens with zero attached hydrogens (tertiary/aromatic N) is 3. The molecule has 1 aromatic carbocycles. The van der Waals surface area contributed by atoms with Crippen LogP contribution in [0.2, 0.25) is 0 Å². The van der Waals surface area contributed by atoms with Gasteiger partial charge >= 0.3 is 5.97 Å².